The molecule has 1 aliphatic rings. The number of nitrogens with zero attached hydrogens (tertiary/aromatic N) is 3. The van der Waals surface area contributed by atoms with Crippen molar-refractivity contribution in [2.24, 2.45) is 17.3 Å². The van der Waals surface area contributed by atoms with Gasteiger partial charge in [0.25, 0.3) is 6.20 Å². The van der Waals surface area contributed by atoms with Crippen molar-refractivity contribution in [1.29, 1.82) is 0 Å². The molecule has 38 heavy (non-hydrogen) atoms. The van der Waals surface area contributed by atoms with Crippen LogP contribution in [0.4, 0.5) is 0 Å². The number of carbonyl (C=O) groups is 1. The minimum absolute atomic E-state index is 0.0319. The van der Waals surface area contributed by atoms with Gasteiger partial charge in [-0.25, -0.2) is 4.98 Å². The molecule has 1 fully saturated rings. The third-order valence-electron chi connectivity index (χ3n) is 6.37. The second-order valence-electron chi connectivity index (χ2n) is 9.96. The quantitative estimate of drug-likeness (QED) is 0.0913. The van der Waals surface area contributed by atoms with E-state index in [0.29, 0.717) is 24.1 Å². The summed E-state index contributed by atoms with van der Waals surface area (Å²) in [7, 11) is 1.65. The smallest absolute Gasteiger partial charge is 0.311 e. The van der Waals surface area contributed by atoms with E-state index in [2.05, 4.69) is 50.0 Å². The Morgan fingerprint density at radius 1 is 1.37 bits per heavy atom. The van der Waals surface area contributed by atoms with Crippen molar-refractivity contribution in [3.63, 3.8) is 0 Å². The lowest BCUT2D eigenvalue weighted by Crippen LogP contribution is -2.30. The van der Waals surface area contributed by atoms with Crippen molar-refractivity contribution in [3.8, 4) is 12.3 Å². The molecule has 2 rings (SSSR count). The minimum atomic E-state index is -0.536. The maximum atomic E-state index is 12.3. The largest absolute Gasteiger partial charge is 0.444 e. The number of aromatic nitrogens is 1. The highest BCUT2D eigenvalue weighted by molar-refractivity contribution is 6.29. The van der Waals surface area contributed by atoms with Gasteiger partial charge >= 0.3 is 5.97 Å². The van der Waals surface area contributed by atoms with E-state index in [1.54, 1.807) is 19.3 Å². The number of terminal acetylenes is 1. The van der Waals surface area contributed by atoms with Gasteiger partial charge < -0.3 is 15.0 Å². The summed E-state index contributed by atoms with van der Waals surface area (Å²) in [5.74, 6) is 3.01. The summed E-state index contributed by atoms with van der Waals surface area (Å²) in [5.41, 5.74) is 3.07. The molecule has 2 unspecified atom stereocenters. The lowest BCUT2D eigenvalue weighted by Gasteiger charge is -2.23. The first-order valence-corrected chi connectivity index (χ1v) is 13.1. The third-order valence-corrected chi connectivity index (χ3v) is 6.59. The summed E-state index contributed by atoms with van der Waals surface area (Å²) < 4.78 is 5.51. The molecule has 208 valence electrons. The molecule has 1 aromatic heterocycles. The molecule has 1 aromatic rings. The molecule has 1 heterocycles. The molecule has 1 aliphatic carbocycles. The van der Waals surface area contributed by atoms with E-state index in [4.69, 9.17) is 22.8 Å². The van der Waals surface area contributed by atoms with Gasteiger partial charge in [0, 0.05) is 26.3 Å². The van der Waals surface area contributed by atoms with Crippen LogP contribution in [0.5, 0.6) is 0 Å². The lowest BCUT2D eigenvalue weighted by molar-refractivity contribution is -0.404. The van der Waals surface area contributed by atoms with Crippen LogP contribution in [0, 0.1) is 39.7 Å². The fraction of sp³-hybridized carbons (Fsp3) is 0.517. The van der Waals surface area contributed by atoms with E-state index >= 15 is 0 Å². The highest BCUT2D eigenvalue weighted by Crippen LogP contribution is 2.60. The second-order valence-corrected chi connectivity index (χ2v) is 10.3. The molecule has 0 aromatic carbocycles. The predicted octanol–water partition coefficient (Wildman–Crippen LogP) is 5.98. The van der Waals surface area contributed by atoms with E-state index in [0.717, 1.165) is 23.8 Å². The number of hydrogen-bond donors (Lipinski definition) is 1. The Kier molecular flexibility index (Phi) is 13.1. The maximum absolute atomic E-state index is 12.3. The van der Waals surface area contributed by atoms with Crippen LogP contribution in [0.2, 0.25) is 5.15 Å². The van der Waals surface area contributed by atoms with Crippen molar-refractivity contribution < 1.29 is 14.5 Å². The zero-order valence-electron chi connectivity index (χ0n) is 23.7. The predicted molar refractivity (Wildman–Crippen MR) is 152 cm³/mol. The maximum Gasteiger partial charge on any atom is 0.311 e. The molecule has 1 saturated carbocycles. The molecule has 9 heteroatoms. The molecule has 0 saturated heterocycles. The molecular weight excluding hydrogens is 504 g/mol. The Morgan fingerprint density at radius 3 is 2.47 bits per heavy atom. The van der Waals surface area contributed by atoms with Gasteiger partial charge in [-0.2, -0.15) is 0 Å². The van der Waals surface area contributed by atoms with E-state index in [1.807, 2.05) is 37.8 Å². The summed E-state index contributed by atoms with van der Waals surface area (Å²) in [4.78, 5) is 28.2. The Morgan fingerprint density at radius 2 is 2.03 bits per heavy atom. The van der Waals surface area contributed by atoms with Crippen LogP contribution in [0.3, 0.4) is 0 Å². The van der Waals surface area contributed by atoms with Gasteiger partial charge in [0.05, 0.1) is 10.8 Å². The van der Waals surface area contributed by atoms with Crippen molar-refractivity contribution in [1.82, 2.24) is 15.2 Å². The first kappa shape index (κ1) is 32.7. The van der Waals surface area contributed by atoms with E-state index in [1.165, 1.54) is 5.57 Å². The number of halogens is 1. The average molecular weight is 545 g/mol. The Balaban J connectivity index is 0.000000382. The molecule has 0 radical (unpaired) electrons. The van der Waals surface area contributed by atoms with E-state index in [-0.39, 0.29) is 23.2 Å². The van der Waals surface area contributed by atoms with Crippen molar-refractivity contribution in [2.45, 2.75) is 67.5 Å². The summed E-state index contributed by atoms with van der Waals surface area (Å²) in [6.45, 7) is 15.3. The number of nitro groups is 1. The minimum Gasteiger partial charge on any atom is -0.444 e. The number of hydrogen-bond acceptors (Lipinski definition) is 7. The van der Waals surface area contributed by atoms with Crippen molar-refractivity contribution in [3.05, 3.63) is 74.5 Å². The van der Waals surface area contributed by atoms with Gasteiger partial charge in [-0.05, 0) is 62.7 Å². The van der Waals surface area contributed by atoms with Gasteiger partial charge in [0.1, 0.15) is 5.15 Å². The van der Waals surface area contributed by atoms with Crippen LogP contribution in [0.1, 0.15) is 60.5 Å². The SMILES string of the molecule is C#CC(OC(=O)[C@@H]1C(C=C(C)C)C1(C)C)/C(C)=C/CC.CCN(Cc1ccc(Cl)nc1)/C(=C/[N+](=O)[O-])NC. The second kappa shape index (κ2) is 15.2. The average Bonchev–Trinajstić information content (AvgIpc) is 3.39. The summed E-state index contributed by atoms with van der Waals surface area (Å²) in [6, 6.07) is 3.54. The number of esters is 1. The molecule has 0 spiro atoms. The molecular formula is C29H41ClN4O4. The van der Waals surface area contributed by atoms with Crippen LogP contribution in [0.15, 0.2) is 53.6 Å². The zero-order chi connectivity index (χ0) is 29.0. The molecule has 0 amide bonds. The summed E-state index contributed by atoms with van der Waals surface area (Å²) in [6.07, 6.45) is 12.6. The highest BCUT2D eigenvalue weighted by Gasteiger charge is 2.61. The van der Waals surface area contributed by atoms with Crippen molar-refractivity contribution in [2.75, 3.05) is 13.6 Å². The van der Waals surface area contributed by atoms with Crippen molar-refractivity contribution >= 4 is 17.6 Å². The van der Waals surface area contributed by atoms with E-state index in [9.17, 15) is 14.9 Å². The van der Waals surface area contributed by atoms with Crippen LogP contribution in [0.25, 0.3) is 0 Å². The molecule has 0 aliphatic heterocycles. The molecule has 8 nitrogen and oxygen atoms in total. The van der Waals surface area contributed by atoms with Gasteiger partial charge in [-0.1, -0.05) is 62.1 Å². The van der Waals surface area contributed by atoms with Crippen LogP contribution in [-0.2, 0) is 16.1 Å². The number of allylic oxidation sites excluding steroid dienone is 3. The fourth-order valence-electron chi connectivity index (χ4n) is 4.17. The number of carbonyl (C=O) groups excluding carboxylic acids is 1. The standard InChI is InChI=1S/C18H26O2.C11H15ClN4O2/c1-8-10-13(5)15(9-2)20-17(19)16-14(11-12(3)4)18(16,6)7;1-3-15(11(13-2)8-16(17)18)7-9-4-5-10(12)14-6-9/h2,10-11,14-16H,8H2,1,3-7H3;4-6,8,13H,3,7H2,1-2H3/b13-10+;11-8+/t14?,15?,16-;/m0./s1. The number of rotatable bonds is 11. The lowest BCUT2D eigenvalue weighted by atomic mass is 10.1. The molecule has 0 bridgehead atoms. The normalized spacial score (nSPS) is 18.6. The summed E-state index contributed by atoms with van der Waals surface area (Å²) in [5, 5.41) is 13.8. The number of nitrogens with one attached hydrogen (secondary N) is 1. The van der Waals surface area contributed by atoms with Gasteiger partial charge in [0.2, 0.25) is 0 Å². The first-order valence-electron chi connectivity index (χ1n) is 12.7. The first-order chi connectivity index (χ1) is 17.8. The third kappa shape index (κ3) is 9.86. The fourth-order valence-corrected chi connectivity index (χ4v) is 4.28. The zero-order valence-corrected chi connectivity index (χ0v) is 24.5. The summed E-state index contributed by atoms with van der Waals surface area (Å²) >= 11 is 5.70. The Bertz CT molecular complexity index is 1080. The van der Waals surface area contributed by atoms with Crippen LogP contribution < -0.4 is 5.32 Å². The van der Waals surface area contributed by atoms with Crippen LogP contribution >= 0.6 is 11.6 Å². The Hall–Kier alpha value is -3.31. The van der Waals surface area contributed by atoms with Gasteiger partial charge in [-0.15, -0.1) is 6.42 Å². The monoisotopic (exact) mass is 544 g/mol. The van der Waals surface area contributed by atoms with Crippen LogP contribution in [-0.4, -0.2) is 40.5 Å². The highest BCUT2D eigenvalue weighted by atomic mass is 35.5. The number of pyridine rings is 1. The number of ether oxygens (including phenoxy) is 1. The van der Waals surface area contributed by atoms with Gasteiger partial charge in [0.15, 0.2) is 11.9 Å². The Labute approximate surface area is 232 Å². The van der Waals surface area contributed by atoms with Gasteiger partial charge in [-0.3, -0.25) is 14.9 Å². The topological polar surface area (TPSA) is 97.6 Å². The van der Waals surface area contributed by atoms with E-state index < -0.39 is 11.0 Å². The molecule has 3 atom stereocenters. The molecule has 1 N–H and O–H groups in total.